The van der Waals surface area contributed by atoms with Crippen LogP contribution in [0.1, 0.15) is 336 Å². The van der Waals surface area contributed by atoms with Gasteiger partial charge in [-0.05, 0) is 25.2 Å². The van der Waals surface area contributed by atoms with E-state index in [-0.39, 0.29) is 31.1 Å². The molecule has 0 aromatic rings. The molecule has 0 amide bonds. The molecule has 0 heterocycles. The molecule has 0 saturated heterocycles. The van der Waals surface area contributed by atoms with Gasteiger partial charge in [-0.15, -0.1) is 0 Å². The number of carbonyl (C=O) groups excluding carboxylic acids is 3. The molecule has 0 radical (unpaired) electrons. The molecule has 386 valence electrons. The second-order valence-corrected chi connectivity index (χ2v) is 20.8. The van der Waals surface area contributed by atoms with Crippen molar-refractivity contribution in [2.24, 2.45) is 5.92 Å². The van der Waals surface area contributed by atoms with E-state index < -0.39 is 6.10 Å². The van der Waals surface area contributed by atoms with E-state index in [0.29, 0.717) is 19.3 Å². The first kappa shape index (κ1) is 63.4. The Kier molecular flexibility index (Phi) is 52.1. The molecule has 0 aromatic carbocycles. The Hall–Kier alpha value is -1.59. The van der Waals surface area contributed by atoms with E-state index in [9.17, 15) is 14.4 Å². The third-order valence-electron chi connectivity index (χ3n) is 13.5. The minimum atomic E-state index is -0.761. The Morgan fingerprint density at radius 1 is 0.292 bits per heavy atom. The molecule has 6 heteroatoms. The molecule has 65 heavy (non-hydrogen) atoms. The molecule has 0 aliphatic carbocycles. The predicted octanol–water partition coefficient (Wildman–Crippen LogP) is 19.4. The Morgan fingerprint density at radius 2 is 0.508 bits per heavy atom. The highest BCUT2D eigenvalue weighted by Gasteiger charge is 2.19. The minimum absolute atomic E-state index is 0.0617. The molecule has 0 spiro atoms. The van der Waals surface area contributed by atoms with Crippen LogP contribution in [0.15, 0.2) is 0 Å². The molecule has 0 aliphatic rings. The Balaban J connectivity index is 4.27. The lowest BCUT2D eigenvalue weighted by Gasteiger charge is -2.18. The zero-order valence-electron chi connectivity index (χ0n) is 44.5. The van der Waals surface area contributed by atoms with Crippen LogP contribution in [-0.2, 0) is 28.6 Å². The standard InChI is InChI=1S/C59H114O6/c1-5-7-9-11-13-15-17-19-20-21-24-28-32-36-40-44-48-52-59(62)65-56(53-63-57(60)50-46-42-38-34-30-18-16-14-12-10-8-6-2)54-64-58(61)51-47-43-39-35-31-27-25-22-23-26-29-33-37-41-45-49-55(3)4/h55-56H,5-54H2,1-4H3/t56-/m1/s1. The first-order valence-corrected chi connectivity index (χ1v) is 29.4. The lowest BCUT2D eigenvalue weighted by molar-refractivity contribution is -0.167. The number of ether oxygens (including phenoxy) is 3. The lowest BCUT2D eigenvalue weighted by Crippen LogP contribution is -2.30. The zero-order chi connectivity index (χ0) is 47.4. The van der Waals surface area contributed by atoms with Crippen LogP contribution < -0.4 is 0 Å². The largest absolute Gasteiger partial charge is 0.462 e. The van der Waals surface area contributed by atoms with Crippen molar-refractivity contribution in [1.82, 2.24) is 0 Å². The maximum Gasteiger partial charge on any atom is 0.306 e. The van der Waals surface area contributed by atoms with Crippen LogP contribution in [-0.4, -0.2) is 37.2 Å². The van der Waals surface area contributed by atoms with Gasteiger partial charge in [-0.3, -0.25) is 14.4 Å². The highest BCUT2D eigenvalue weighted by atomic mass is 16.6. The second kappa shape index (κ2) is 53.4. The molecule has 0 aromatic heterocycles. The van der Waals surface area contributed by atoms with Gasteiger partial charge in [0.15, 0.2) is 6.10 Å². The first-order valence-electron chi connectivity index (χ1n) is 29.4. The van der Waals surface area contributed by atoms with Gasteiger partial charge in [0.25, 0.3) is 0 Å². The lowest BCUT2D eigenvalue weighted by atomic mass is 10.0. The monoisotopic (exact) mass is 919 g/mol. The average Bonchev–Trinajstić information content (AvgIpc) is 3.29. The number of hydrogen-bond donors (Lipinski definition) is 0. The van der Waals surface area contributed by atoms with Gasteiger partial charge in [-0.2, -0.15) is 0 Å². The molecule has 0 rings (SSSR count). The summed E-state index contributed by atoms with van der Waals surface area (Å²) < 4.78 is 16.9. The predicted molar refractivity (Wildman–Crippen MR) is 280 cm³/mol. The summed E-state index contributed by atoms with van der Waals surface area (Å²) in [4.78, 5) is 38.1. The maximum atomic E-state index is 12.9. The number of esters is 3. The quantitative estimate of drug-likeness (QED) is 0.0344. The van der Waals surface area contributed by atoms with E-state index in [1.165, 1.54) is 231 Å². The third-order valence-corrected chi connectivity index (χ3v) is 13.5. The highest BCUT2D eigenvalue weighted by molar-refractivity contribution is 5.71. The molecule has 0 N–H and O–H groups in total. The van der Waals surface area contributed by atoms with Crippen LogP contribution in [0.2, 0.25) is 0 Å². The summed E-state index contributed by atoms with van der Waals surface area (Å²) in [7, 11) is 0. The maximum absolute atomic E-state index is 12.9. The van der Waals surface area contributed by atoms with E-state index in [1.807, 2.05) is 0 Å². The van der Waals surface area contributed by atoms with Gasteiger partial charge in [-0.1, -0.05) is 297 Å². The molecule has 0 fully saturated rings. The normalized spacial score (nSPS) is 12.0. The van der Waals surface area contributed by atoms with Crippen LogP contribution in [0.4, 0.5) is 0 Å². The van der Waals surface area contributed by atoms with Gasteiger partial charge in [0.2, 0.25) is 0 Å². The van der Waals surface area contributed by atoms with E-state index in [2.05, 4.69) is 27.7 Å². The van der Waals surface area contributed by atoms with E-state index in [4.69, 9.17) is 14.2 Å². The average molecular weight is 920 g/mol. The second-order valence-electron chi connectivity index (χ2n) is 20.8. The number of unbranched alkanes of at least 4 members (excludes halogenated alkanes) is 41. The van der Waals surface area contributed by atoms with Crippen LogP contribution in [0.3, 0.4) is 0 Å². The van der Waals surface area contributed by atoms with Crippen LogP contribution in [0.5, 0.6) is 0 Å². The summed E-state index contributed by atoms with van der Waals surface area (Å²) >= 11 is 0. The van der Waals surface area contributed by atoms with Gasteiger partial charge >= 0.3 is 17.9 Å². The van der Waals surface area contributed by atoms with Gasteiger partial charge in [0, 0.05) is 19.3 Å². The zero-order valence-corrected chi connectivity index (χ0v) is 44.5. The van der Waals surface area contributed by atoms with Crippen LogP contribution in [0, 0.1) is 5.92 Å². The van der Waals surface area contributed by atoms with Gasteiger partial charge in [0.05, 0.1) is 0 Å². The van der Waals surface area contributed by atoms with Gasteiger partial charge in [-0.25, -0.2) is 0 Å². The van der Waals surface area contributed by atoms with Crippen molar-refractivity contribution in [3.63, 3.8) is 0 Å². The summed E-state index contributed by atoms with van der Waals surface area (Å²) in [6.45, 7) is 9.07. The molecule has 0 saturated carbocycles. The molecule has 1 atom stereocenters. The van der Waals surface area contributed by atoms with Crippen LogP contribution >= 0.6 is 0 Å². The molecule has 0 bridgehead atoms. The minimum Gasteiger partial charge on any atom is -0.462 e. The van der Waals surface area contributed by atoms with E-state index in [0.717, 1.165) is 63.7 Å². The Bertz CT molecular complexity index is 980. The van der Waals surface area contributed by atoms with E-state index >= 15 is 0 Å². The van der Waals surface area contributed by atoms with Crippen molar-refractivity contribution in [1.29, 1.82) is 0 Å². The molecular formula is C59H114O6. The highest BCUT2D eigenvalue weighted by Crippen LogP contribution is 2.18. The molecule has 0 unspecified atom stereocenters. The Morgan fingerprint density at radius 3 is 0.754 bits per heavy atom. The van der Waals surface area contributed by atoms with Crippen molar-refractivity contribution in [2.45, 2.75) is 342 Å². The molecular weight excluding hydrogens is 805 g/mol. The van der Waals surface area contributed by atoms with Gasteiger partial charge < -0.3 is 14.2 Å². The molecule has 0 aliphatic heterocycles. The van der Waals surface area contributed by atoms with Crippen molar-refractivity contribution in [3.05, 3.63) is 0 Å². The number of hydrogen-bond acceptors (Lipinski definition) is 6. The smallest absolute Gasteiger partial charge is 0.306 e. The summed E-state index contributed by atoms with van der Waals surface area (Å²) in [6.07, 6.45) is 58.1. The fourth-order valence-electron chi connectivity index (χ4n) is 9.10. The van der Waals surface area contributed by atoms with Crippen LogP contribution in [0.25, 0.3) is 0 Å². The summed E-state index contributed by atoms with van der Waals surface area (Å²) in [6, 6.07) is 0. The summed E-state index contributed by atoms with van der Waals surface area (Å²) in [5.74, 6) is 0.0150. The first-order chi connectivity index (χ1) is 31.9. The van der Waals surface area contributed by atoms with Crippen molar-refractivity contribution in [2.75, 3.05) is 13.2 Å². The third kappa shape index (κ3) is 53.2. The van der Waals surface area contributed by atoms with E-state index in [1.54, 1.807) is 0 Å². The van der Waals surface area contributed by atoms with Gasteiger partial charge in [0.1, 0.15) is 13.2 Å². The van der Waals surface area contributed by atoms with Crippen molar-refractivity contribution in [3.8, 4) is 0 Å². The van der Waals surface area contributed by atoms with Crippen molar-refractivity contribution >= 4 is 17.9 Å². The molecule has 6 nitrogen and oxygen atoms in total. The number of rotatable bonds is 54. The summed E-state index contributed by atoms with van der Waals surface area (Å²) in [5, 5.41) is 0. The number of carbonyl (C=O) groups is 3. The van der Waals surface area contributed by atoms with Crippen molar-refractivity contribution < 1.29 is 28.6 Å². The fraction of sp³-hybridized carbons (Fsp3) is 0.949. The summed E-state index contributed by atoms with van der Waals surface area (Å²) in [5.41, 5.74) is 0. The SMILES string of the molecule is CCCCCCCCCCCCCCCCCCCC(=O)O[C@H](COC(=O)CCCCCCCCCCCCCC)COC(=O)CCCCCCCCCCCCCCCCCC(C)C. The fourth-order valence-corrected chi connectivity index (χ4v) is 9.10. The topological polar surface area (TPSA) is 78.9 Å². The Labute approximate surface area is 406 Å².